The molecule has 0 amide bonds. The summed E-state index contributed by atoms with van der Waals surface area (Å²) in [5.74, 6) is 1.83. The summed E-state index contributed by atoms with van der Waals surface area (Å²) in [4.78, 5) is 8.73. The van der Waals surface area contributed by atoms with Crippen molar-refractivity contribution in [2.45, 2.75) is 38.1 Å². The molecule has 0 N–H and O–H groups in total. The van der Waals surface area contributed by atoms with Crippen molar-refractivity contribution in [2.24, 2.45) is 0 Å². The molecule has 0 bridgehead atoms. The fourth-order valence-electron chi connectivity index (χ4n) is 3.13. The summed E-state index contributed by atoms with van der Waals surface area (Å²) < 4.78 is 23.3. The monoisotopic (exact) mass is 325 g/mol. The third-order valence-electron chi connectivity index (χ3n) is 4.54. The average Bonchev–Trinajstić information content (AvgIpc) is 2.73. The smallest absolute Gasteiger partial charge is 0.247 e. The lowest BCUT2D eigenvalue weighted by atomic mass is 10.2. The Balaban J connectivity index is 1.75. The lowest BCUT2D eigenvalue weighted by Gasteiger charge is -2.26. The minimum Gasteiger partial charge on any atom is -0.354 e. The molecule has 0 saturated carbocycles. The third kappa shape index (κ3) is 3.48. The van der Waals surface area contributed by atoms with Crippen LogP contribution in [0, 0.1) is 0 Å². The van der Waals surface area contributed by atoms with Gasteiger partial charge in [0.05, 0.1) is 17.7 Å². The summed E-state index contributed by atoms with van der Waals surface area (Å²) in [5, 5.41) is 8.24. The minimum atomic E-state index is -2.90. The average molecular weight is 325 g/mol. The molecule has 7 nitrogen and oxygen atoms in total. The van der Waals surface area contributed by atoms with Crippen molar-refractivity contribution in [3.8, 4) is 0 Å². The molecule has 122 valence electrons. The van der Waals surface area contributed by atoms with Crippen LogP contribution in [0.25, 0.3) is 0 Å². The first-order chi connectivity index (χ1) is 10.6. The van der Waals surface area contributed by atoms with Gasteiger partial charge in [-0.3, -0.25) is 0 Å². The second-order valence-electron chi connectivity index (χ2n) is 6.18. The van der Waals surface area contributed by atoms with E-state index >= 15 is 0 Å². The second kappa shape index (κ2) is 6.36. The Labute approximate surface area is 131 Å². The Morgan fingerprint density at radius 3 is 2.59 bits per heavy atom. The summed E-state index contributed by atoms with van der Waals surface area (Å²) in [5.41, 5.74) is 0. The Hall–Kier alpha value is -1.44. The van der Waals surface area contributed by atoms with Gasteiger partial charge in [-0.2, -0.15) is 10.1 Å². The Bertz CT molecular complexity index is 613. The maximum Gasteiger partial charge on any atom is 0.247 e. The first-order valence-electron chi connectivity index (χ1n) is 7.93. The van der Waals surface area contributed by atoms with Crippen molar-refractivity contribution in [2.75, 3.05) is 41.4 Å². The standard InChI is InChI=1S/C14H23N5O2S/c1-18(12-6-9-22(20,21)11-12)13-10-15-17-14(16-13)19-7-4-2-3-5-8-19/h10,12H,2-9,11H2,1H3. The Morgan fingerprint density at radius 2 is 1.95 bits per heavy atom. The van der Waals surface area contributed by atoms with E-state index in [0.717, 1.165) is 25.9 Å². The molecule has 8 heteroatoms. The fourth-order valence-corrected chi connectivity index (χ4v) is 4.90. The van der Waals surface area contributed by atoms with E-state index in [4.69, 9.17) is 0 Å². The molecule has 1 atom stereocenters. The van der Waals surface area contributed by atoms with Gasteiger partial charge in [-0.05, 0) is 19.3 Å². The van der Waals surface area contributed by atoms with Crippen molar-refractivity contribution in [3.05, 3.63) is 6.20 Å². The highest BCUT2D eigenvalue weighted by molar-refractivity contribution is 7.91. The van der Waals surface area contributed by atoms with Crippen LogP contribution in [0.4, 0.5) is 11.8 Å². The van der Waals surface area contributed by atoms with Crippen molar-refractivity contribution in [3.63, 3.8) is 0 Å². The van der Waals surface area contributed by atoms with Gasteiger partial charge < -0.3 is 9.80 Å². The maximum atomic E-state index is 11.6. The highest BCUT2D eigenvalue weighted by Gasteiger charge is 2.31. The molecule has 1 unspecified atom stereocenters. The van der Waals surface area contributed by atoms with Crippen LogP contribution in [0.15, 0.2) is 6.20 Å². The molecule has 22 heavy (non-hydrogen) atoms. The van der Waals surface area contributed by atoms with E-state index in [1.807, 2.05) is 11.9 Å². The molecule has 0 radical (unpaired) electrons. The highest BCUT2D eigenvalue weighted by atomic mass is 32.2. The van der Waals surface area contributed by atoms with Crippen LogP contribution in [0.1, 0.15) is 32.1 Å². The molecule has 0 aliphatic carbocycles. The van der Waals surface area contributed by atoms with Crippen LogP contribution in [0.5, 0.6) is 0 Å². The predicted molar refractivity (Wildman–Crippen MR) is 86.0 cm³/mol. The molecule has 0 spiro atoms. The number of rotatable bonds is 3. The summed E-state index contributed by atoms with van der Waals surface area (Å²) in [6.45, 7) is 1.93. The van der Waals surface area contributed by atoms with E-state index in [0.29, 0.717) is 18.2 Å². The zero-order valence-electron chi connectivity index (χ0n) is 13.0. The molecular formula is C14H23N5O2S. The van der Waals surface area contributed by atoms with Crippen molar-refractivity contribution in [1.82, 2.24) is 15.2 Å². The van der Waals surface area contributed by atoms with Gasteiger partial charge in [-0.25, -0.2) is 8.42 Å². The number of nitrogens with zero attached hydrogens (tertiary/aromatic N) is 5. The van der Waals surface area contributed by atoms with E-state index < -0.39 is 9.84 Å². The zero-order chi connectivity index (χ0) is 15.6. The Kier molecular flexibility index (Phi) is 4.46. The Morgan fingerprint density at radius 1 is 1.23 bits per heavy atom. The van der Waals surface area contributed by atoms with Gasteiger partial charge in [0.15, 0.2) is 15.7 Å². The summed E-state index contributed by atoms with van der Waals surface area (Å²) in [6.07, 6.45) is 7.09. The van der Waals surface area contributed by atoms with Crippen LogP contribution >= 0.6 is 0 Å². The fraction of sp³-hybridized carbons (Fsp3) is 0.786. The van der Waals surface area contributed by atoms with Gasteiger partial charge in [-0.15, -0.1) is 5.10 Å². The van der Waals surface area contributed by atoms with E-state index in [2.05, 4.69) is 20.1 Å². The van der Waals surface area contributed by atoms with E-state index in [1.54, 1.807) is 6.20 Å². The summed E-state index contributed by atoms with van der Waals surface area (Å²) >= 11 is 0. The molecule has 2 saturated heterocycles. The SMILES string of the molecule is CN(c1cnnc(N2CCCCCC2)n1)C1CCS(=O)(=O)C1. The molecule has 2 aliphatic heterocycles. The molecule has 2 aliphatic rings. The largest absolute Gasteiger partial charge is 0.354 e. The van der Waals surface area contributed by atoms with Crippen molar-refractivity contribution >= 4 is 21.6 Å². The molecule has 0 aromatic carbocycles. The first kappa shape index (κ1) is 15.5. The third-order valence-corrected chi connectivity index (χ3v) is 6.29. The van der Waals surface area contributed by atoms with Gasteiger partial charge in [-0.1, -0.05) is 12.8 Å². The van der Waals surface area contributed by atoms with Gasteiger partial charge in [0.1, 0.15) is 0 Å². The molecular weight excluding hydrogens is 302 g/mol. The molecule has 1 aromatic heterocycles. The number of hydrogen-bond donors (Lipinski definition) is 0. The number of sulfone groups is 1. The predicted octanol–water partition coefficient (Wildman–Crippen LogP) is 0.875. The van der Waals surface area contributed by atoms with Crippen LogP contribution in [-0.2, 0) is 9.84 Å². The molecule has 3 rings (SSSR count). The van der Waals surface area contributed by atoms with Crippen molar-refractivity contribution in [1.29, 1.82) is 0 Å². The lowest BCUT2D eigenvalue weighted by Crippen LogP contribution is -2.34. The molecule has 3 heterocycles. The van der Waals surface area contributed by atoms with Gasteiger partial charge >= 0.3 is 0 Å². The van der Waals surface area contributed by atoms with Crippen LogP contribution < -0.4 is 9.80 Å². The normalized spacial score (nSPS) is 25.0. The summed E-state index contributed by atoms with van der Waals surface area (Å²) in [6, 6.07) is -0.0151. The highest BCUT2D eigenvalue weighted by Crippen LogP contribution is 2.22. The minimum absolute atomic E-state index is 0.0151. The first-order valence-corrected chi connectivity index (χ1v) is 9.75. The van der Waals surface area contributed by atoms with E-state index in [1.165, 1.54) is 12.8 Å². The van der Waals surface area contributed by atoms with E-state index in [-0.39, 0.29) is 17.5 Å². The topological polar surface area (TPSA) is 79.3 Å². The van der Waals surface area contributed by atoms with Gasteiger partial charge in [0.25, 0.3) is 0 Å². The number of hydrogen-bond acceptors (Lipinski definition) is 7. The van der Waals surface area contributed by atoms with Crippen molar-refractivity contribution < 1.29 is 8.42 Å². The molecule has 2 fully saturated rings. The number of aromatic nitrogens is 3. The van der Waals surface area contributed by atoms with Crippen LogP contribution in [0.3, 0.4) is 0 Å². The maximum absolute atomic E-state index is 11.6. The van der Waals surface area contributed by atoms with Crippen LogP contribution in [-0.4, -0.2) is 61.3 Å². The second-order valence-corrected chi connectivity index (χ2v) is 8.41. The van der Waals surface area contributed by atoms with Crippen LogP contribution in [0.2, 0.25) is 0 Å². The quantitative estimate of drug-likeness (QED) is 0.816. The van der Waals surface area contributed by atoms with Gasteiger partial charge in [0, 0.05) is 26.2 Å². The lowest BCUT2D eigenvalue weighted by molar-refractivity contribution is 0.600. The van der Waals surface area contributed by atoms with Gasteiger partial charge in [0.2, 0.25) is 5.95 Å². The number of anilines is 2. The zero-order valence-corrected chi connectivity index (χ0v) is 13.8. The van der Waals surface area contributed by atoms with E-state index in [9.17, 15) is 8.42 Å². The summed E-state index contributed by atoms with van der Waals surface area (Å²) in [7, 11) is -1.01. The molecule has 1 aromatic rings.